The normalized spacial score (nSPS) is 14.5. The maximum Gasteiger partial charge on any atom is 0.255 e. The van der Waals surface area contributed by atoms with E-state index in [9.17, 15) is 13.2 Å². The second kappa shape index (κ2) is 9.38. The van der Waals surface area contributed by atoms with Gasteiger partial charge in [0.15, 0.2) is 0 Å². The summed E-state index contributed by atoms with van der Waals surface area (Å²) in [5, 5.41) is 2.81. The van der Waals surface area contributed by atoms with E-state index in [0.717, 1.165) is 23.1 Å². The van der Waals surface area contributed by atoms with E-state index in [-0.39, 0.29) is 28.8 Å². The van der Waals surface area contributed by atoms with Gasteiger partial charge in [0, 0.05) is 44.1 Å². The Hall–Kier alpha value is -2.13. The molecule has 1 amide bonds. The maximum atomic E-state index is 12.5. The number of nitrogens with one attached hydrogen (secondary N) is 1. The van der Waals surface area contributed by atoms with Gasteiger partial charge in [0.05, 0.1) is 18.1 Å². The number of carbonyl (C=O) groups is 1. The van der Waals surface area contributed by atoms with Crippen LogP contribution in [0.2, 0.25) is 0 Å². The Morgan fingerprint density at radius 1 is 1.07 bits per heavy atom. The van der Waals surface area contributed by atoms with Crippen LogP contribution in [0, 0.1) is 0 Å². The Balaban J connectivity index is 0.00000280. The van der Waals surface area contributed by atoms with Crippen molar-refractivity contribution < 1.29 is 30.4 Å². The molecule has 1 aliphatic rings. The van der Waals surface area contributed by atoms with E-state index in [2.05, 4.69) is 10.2 Å². The Morgan fingerprint density at radius 3 is 2.32 bits per heavy atom. The number of rotatable bonds is 5. The highest BCUT2D eigenvalue weighted by atomic mass is 35.5. The van der Waals surface area contributed by atoms with Crippen LogP contribution in [-0.2, 0) is 14.8 Å². The van der Waals surface area contributed by atoms with Crippen molar-refractivity contribution in [2.24, 2.45) is 0 Å². The molecule has 0 aliphatic carbocycles. The van der Waals surface area contributed by atoms with Gasteiger partial charge >= 0.3 is 0 Å². The zero-order valence-electron chi connectivity index (χ0n) is 15.8. The van der Waals surface area contributed by atoms with Crippen LogP contribution in [0.25, 0.3) is 0 Å². The summed E-state index contributed by atoms with van der Waals surface area (Å²) in [7, 11) is -0.673. The van der Waals surface area contributed by atoms with Crippen molar-refractivity contribution >= 4 is 27.3 Å². The number of hydrogen-bond donors (Lipinski definition) is 1. The van der Waals surface area contributed by atoms with Crippen LogP contribution < -0.4 is 22.6 Å². The lowest BCUT2D eigenvalue weighted by Crippen LogP contribution is -3.00. The van der Waals surface area contributed by atoms with Crippen molar-refractivity contribution in [1.82, 2.24) is 4.31 Å². The number of amides is 1. The minimum atomic E-state index is -3.59. The fourth-order valence-corrected chi connectivity index (χ4v) is 3.74. The van der Waals surface area contributed by atoms with E-state index in [4.69, 9.17) is 4.74 Å². The van der Waals surface area contributed by atoms with Gasteiger partial charge in [-0.1, -0.05) is 6.07 Å². The minimum Gasteiger partial charge on any atom is -1.00 e. The van der Waals surface area contributed by atoms with Crippen LogP contribution in [0.5, 0.6) is 0 Å². The maximum absolute atomic E-state index is 12.5. The van der Waals surface area contributed by atoms with Crippen molar-refractivity contribution in [3.8, 4) is 0 Å². The molecule has 1 fully saturated rings. The average molecular weight is 425 g/mol. The van der Waals surface area contributed by atoms with E-state index in [1.165, 1.54) is 26.2 Å². The number of benzene rings is 2. The van der Waals surface area contributed by atoms with Crippen molar-refractivity contribution in [1.29, 1.82) is 0 Å². The molecule has 2 aromatic carbocycles. The third-order valence-corrected chi connectivity index (χ3v) is 6.19. The first-order valence-electron chi connectivity index (χ1n) is 8.64. The quantitative estimate of drug-likeness (QED) is 0.668. The predicted octanol–water partition coefficient (Wildman–Crippen LogP) is -0.970. The van der Waals surface area contributed by atoms with Gasteiger partial charge in [-0.15, -0.1) is 0 Å². The summed E-state index contributed by atoms with van der Waals surface area (Å²) in [5.41, 5.74) is 2.02. The topological polar surface area (TPSA) is 79.0 Å². The highest BCUT2D eigenvalue weighted by Gasteiger charge is 2.19. The number of halogens is 1. The van der Waals surface area contributed by atoms with Crippen LogP contribution in [-0.4, -0.2) is 59.0 Å². The molecule has 0 saturated carbocycles. The molecule has 1 saturated heterocycles. The standard InChI is InChI=1S/C19H23N3O4S.ClH/c1-21(2)27(24,25)18-5-3-4-15(14-18)19(23)20-16-6-8-17(9-7-16)22-10-12-26-13-11-22;/h3-9,14H,10-13H2,1-2H3,(H,20,23);1H/p-1. The third kappa shape index (κ3) is 5.02. The van der Waals surface area contributed by atoms with Crippen LogP contribution >= 0.6 is 0 Å². The first kappa shape index (κ1) is 22.2. The van der Waals surface area contributed by atoms with Crippen molar-refractivity contribution in [3.05, 3.63) is 54.1 Å². The van der Waals surface area contributed by atoms with Crippen LogP contribution in [0.15, 0.2) is 53.4 Å². The van der Waals surface area contributed by atoms with Crippen LogP contribution in [0.4, 0.5) is 11.4 Å². The molecule has 0 spiro atoms. The Morgan fingerprint density at radius 2 is 1.71 bits per heavy atom. The first-order chi connectivity index (χ1) is 12.9. The molecule has 1 aliphatic heterocycles. The SMILES string of the molecule is CN(C)S(=O)(=O)c1cccc(C(=O)Nc2ccc(N3CCOCC3)cc2)c1.[Cl-]. The van der Waals surface area contributed by atoms with Gasteiger partial charge in [0.2, 0.25) is 10.0 Å². The van der Waals surface area contributed by atoms with Crippen molar-refractivity contribution in [3.63, 3.8) is 0 Å². The molecule has 2 aromatic rings. The molecule has 0 unspecified atom stereocenters. The smallest absolute Gasteiger partial charge is 0.255 e. The number of morpholine rings is 1. The molecule has 7 nitrogen and oxygen atoms in total. The second-order valence-corrected chi connectivity index (χ2v) is 8.57. The summed E-state index contributed by atoms with van der Waals surface area (Å²) >= 11 is 0. The molecule has 1 heterocycles. The van der Waals surface area contributed by atoms with Gasteiger partial charge in [0.25, 0.3) is 5.91 Å². The number of ether oxygens (including phenoxy) is 1. The van der Waals surface area contributed by atoms with E-state index in [0.29, 0.717) is 18.9 Å². The summed E-state index contributed by atoms with van der Waals surface area (Å²) in [5.74, 6) is -0.357. The minimum absolute atomic E-state index is 0. The van der Waals surface area contributed by atoms with E-state index < -0.39 is 10.0 Å². The monoisotopic (exact) mass is 424 g/mol. The van der Waals surface area contributed by atoms with Crippen LogP contribution in [0.1, 0.15) is 10.4 Å². The van der Waals surface area contributed by atoms with Gasteiger partial charge in [0.1, 0.15) is 0 Å². The fraction of sp³-hybridized carbons (Fsp3) is 0.316. The predicted molar refractivity (Wildman–Crippen MR) is 105 cm³/mol. The number of nitrogens with zero attached hydrogens (tertiary/aromatic N) is 2. The van der Waals surface area contributed by atoms with E-state index in [1.807, 2.05) is 24.3 Å². The molecular formula is C19H23ClN3O4S-. The summed E-state index contributed by atoms with van der Waals surface area (Å²) in [6.07, 6.45) is 0. The highest BCUT2D eigenvalue weighted by Crippen LogP contribution is 2.20. The lowest BCUT2D eigenvalue weighted by atomic mass is 10.2. The molecule has 0 aromatic heterocycles. The van der Waals surface area contributed by atoms with Crippen molar-refractivity contribution in [2.75, 3.05) is 50.6 Å². The Labute approximate surface area is 171 Å². The zero-order valence-corrected chi connectivity index (χ0v) is 17.3. The molecule has 0 bridgehead atoms. The molecule has 9 heteroatoms. The first-order valence-corrected chi connectivity index (χ1v) is 10.1. The zero-order chi connectivity index (χ0) is 19.4. The van der Waals surface area contributed by atoms with Gasteiger partial charge in [-0.05, 0) is 42.5 Å². The molecule has 0 atom stereocenters. The summed E-state index contributed by atoms with van der Waals surface area (Å²) in [4.78, 5) is 14.8. The third-order valence-electron chi connectivity index (χ3n) is 4.38. The van der Waals surface area contributed by atoms with E-state index in [1.54, 1.807) is 12.1 Å². The number of sulfonamides is 1. The Bertz CT molecular complexity index is 911. The molecule has 28 heavy (non-hydrogen) atoms. The molecule has 3 rings (SSSR count). The highest BCUT2D eigenvalue weighted by molar-refractivity contribution is 7.89. The molecule has 1 N–H and O–H groups in total. The number of hydrogen-bond acceptors (Lipinski definition) is 5. The fourth-order valence-electron chi connectivity index (χ4n) is 2.79. The van der Waals surface area contributed by atoms with Crippen LogP contribution in [0.3, 0.4) is 0 Å². The summed E-state index contributed by atoms with van der Waals surface area (Å²) in [6, 6.07) is 13.6. The van der Waals surface area contributed by atoms with Gasteiger partial charge in [-0.25, -0.2) is 12.7 Å². The average Bonchev–Trinajstić information content (AvgIpc) is 2.69. The Kier molecular flexibility index (Phi) is 7.42. The number of carbonyl (C=O) groups excluding carboxylic acids is 1. The largest absolute Gasteiger partial charge is 1.00 e. The summed E-state index contributed by atoms with van der Waals surface area (Å²) < 4.78 is 30.9. The van der Waals surface area contributed by atoms with Gasteiger partial charge in [-0.2, -0.15) is 0 Å². The lowest BCUT2D eigenvalue weighted by Gasteiger charge is -2.28. The lowest BCUT2D eigenvalue weighted by molar-refractivity contribution is -0.0000162. The molecule has 152 valence electrons. The molecular weight excluding hydrogens is 402 g/mol. The second-order valence-electron chi connectivity index (χ2n) is 6.42. The van der Waals surface area contributed by atoms with Crippen molar-refractivity contribution in [2.45, 2.75) is 4.90 Å². The van der Waals surface area contributed by atoms with Gasteiger partial charge in [-0.3, -0.25) is 4.79 Å². The van der Waals surface area contributed by atoms with Gasteiger partial charge < -0.3 is 27.4 Å². The molecule has 0 radical (unpaired) electrons. The van der Waals surface area contributed by atoms with E-state index >= 15 is 0 Å². The summed E-state index contributed by atoms with van der Waals surface area (Å²) in [6.45, 7) is 3.12. The number of anilines is 2.